The number of para-hydroxylation sites is 2. The van der Waals surface area contributed by atoms with Crippen LogP contribution in [0.1, 0.15) is 25.8 Å². The van der Waals surface area contributed by atoms with Crippen molar-refractivity contribution in [3.63, 3.8) is 0 Å². The van der Waals surface area contributed by atoms with E-state index in [0.29, 0.717) is 6.04 Å². The number of anilines is 1. The van der Waals surface area contributed by atoms with Gasteiger partial charge in [0.25, 0.3) is 5.69 Å². The summed E-state index contributed by atoms with van der Waals surface area (Å²) in [6.07, 6.45) is 5.93. The number of carbonyl (C=O) groups excluding carboxylic acids is 1. The molecular formula is C15H16N4O3S. The zero-order chi connectivity index (χ0) is 16.4. The predicted molar refractivity (Wildman–Crippen MR) is 87.5 cm³/mol. The molecule has 7 nitrogen and oxygen atoms in total. The summed E-state index contributed by atoms with van der Waals surface area (Å²) in [4.78, 5) is 27.1. The van der Waals surface area contributed by atoms with Crippen molar-refractivity contribution in [1.29, 1.82) is 0 Å². The van der Waals surface area contributed by atoms with E-state index in [1.807, 2.05) is 6.20 Å². The van der Waals surface area contributed by atoms with E-state index in [4.69, 9.17) is 0 Å². The van der Waals surface area contributed by atoms with Gasteiger partial charge in [-0.1, -0.05) is 23.9 Å². The Labute approximate surface area is 137 Å². The summed E-state index contributed by atoms with van der Waals surface area (Å²) in [5.74, 6) is -0.283. The molecule has 1 N–H and O–H groups in total. The third-order valence-electron chi connectivity index (χ3n) is 3.58. The SMILES string of the molecule is C[C@@H](Sc1nccn1C1CC1)C(=O)Nc1ccccc1[N+](=O)[O-]. The van der Waals surface area contributed by atoms with Gasteiger partial charge in [0.15, 0.2) is 5.16 Å². The Bertz CT molecular complexity index is 742. The van der Waals surface area contributed by atoms with E-state index >= 15 is 0 Å². The number of thioether (sulfide) groups is 1. The van der Waals surface area contributed by atoms with Crippen molar-refractivity contribution in [2.45, 2.75) is 36.2 Å². The molecule has 0 aliphatic heterocycles. The first-order chi connectivity index (χ1) is 11.1. The summed E-state index contributed by atoms with van der Waals surface area (Å²) in [7, 11) is 0. The second kappa shape index (κ2) is 6.41. The minimum absolute atomic E-state index is 0.113. The summed E-state index contributed by atoms with van der Waals surface area (Å²) >= 11 is 1.36. The van der Waals surface area contributed by atoms with Crippen LogP contribution in [0.25, 0.3) is 0 Å². The second-order valence-electron chi connectivity index (χ2n) is 5.37. The monoisotopic (exact) mass is 332 g/mol. The quantitative estimate of drug-likeness (QED) is 0.498. The van der Waals surface area contributed by atoms with Crippen molar-refractivity contribution in [2.75, 3.05) is 5.32 Å². The van der Waals surface area contributed by atoms with Crippen LogP contribution in [0.5, 0.6) is 0 Å². The maximum absolute atomic E-state index is 12.3. The molecular weight excluding hydrogens is 316 g/mol. The molecule has 0 unspecified atom stereocenters. The average molecular weight is 332 g/mol. The van der Waals surface area contributed by atoms with Gasteiger partial charge in [0.1, 0.15) is 5.69 Å². The number of nitro groups is 1. The van der Waals surface area contributed by atoms with Crippen LogP contribution in [-0.2, 0) is 4.79 Å². The molecule has 1 fully saturated rings. The topological polar surface area (TPSA) is 90.1 Å². The Morgan fingerprint density at radius 1 is 1.48 bits per heavy atom. The smallest absolute Gasteiger partial charge is 0.292 e. The molecule has 0 bridgehead atoms. The van der Waals surface area contributed by atoms with E-state index in [1.54, 1.807) is 25.3 Å². The number of nitrogens with one attached hydrogen (secondary N) is 1. The highest BCUT2D eigenvalue weighted by molar-refractivity contribution is 8.00. The van der Waals surface area contributed by atoms with Gasteiger partial charge in [0, 0.05) is 24.5 Å². The standard InChI is InChI=1S/C15H16N4O3S/c1-10(23-15-16-8-9-18(15)11-6-7-11)14(20)17-12-4-2-3-5-13(12)19(21)22/h2-5,8-11H,6-7H2,1H3,(H,17,20)/t10-/m1/s1. The fraction of sp³-hybridized carbons (Fsp3) is 0.333. The number of aromatic nitrogens is 2. The van der Waals surface area contributed by atoms with Gasteiger partial charge in [0.2, 0.25) is 5.91 Å². The number of benzene rings is 1. The molecule has 0 saturated heterocycles. The fourth-order valence-electron chi connectivity index (χ4n) is 2.21. The van der Waals surface area contributed by atoms with Crippen LogP contribution in [0.4, 0.5) is 11.4 Å². The first-order valence-electron chi connectivity index (χ1n) is 7.30. The molecule has 0 radical (unpaired) electrons. The van der Waals surface area contributed by atoms with Crippen LogP contribution >= 0.6 is 11.8 Å². The molecule has 1 atom stereocenters. The highest BCUT2D eigenvalue weighted by Crippen LogP contribution is 2.38. The van der Waals surface area contributed by atoms with Crippen molar-refractivity contribution >= 4 is 29.0 Å². The Balaban J connectivity index is 1.68. The number of hydrogen-bond donors (Lipinski definition) is 1. The van der Waals surface area contributed by atoms with Crippen molar-refractivity contribution < 1.29 is 9.72 Å². The largest absolute Gasteiger partial charge is 0.323 e. The first-order valence-corrected chi connectivity index (χ1v) is 8.18. The number of nitro benzene ring substituents is 1. The number of hydrogen-bond acceptors (Lipinski definition) is 5. The highest BCUT2D eigenvalue weighted by atomic mass is 32.2. The van der Waals surface area contributed by atoms with Gasteiger partial charge < -0.3 is 9.88 Å². The lowest BCUT2D eigenvalue weighted by Crippen LogP contribution is -2.23. The van der Waals surface area contributed by atoms with E-state index in [0.717, 1.165) is 18.0 Å². The summed E-state index contributed by atoms with van der Waals surface area (Å²) in [6.45, 7) is 1.76. The average Bonchev–Trinajstić information content (AvgIpc) is 3.27. The van der Waals surface area contributed by atoms with E-state index in [-0.39, 0.29) is 17.3 Å². The number of rotatable bonds is 6. The van der Waals surface area contributed by atoms with Gasteiger partial charge in [-0.05, 0) is 25.8 Å². The van der Waals surface area contributed by atoms with E-state index in [9.17, 15) is 14.9 Å². The second-order valence-corrected chi connectivity index (χ2v) is 6.68. The molecule has 120 valence electrons. The third kappa shape index (κ3) is 3.53. The van der Waals surface area contributed by atoms with E-state index < -0.39 is 10.2 Å². The van der Waals surface area contributed by atoms with Crippen LogP contribution < -0.4 is 5.32 Å². The lowest BCUT2D eigenvalue weighted by molar-refractivity contribution is -0.383. The minimum atomic E-state index is -0.507. The number of nitrogens with zero attached hydrogens (tertiary/aromatic N) is 3. The van der Waals surface area contributed by atoms with Crippen LogP contribution in [0.3, 0.4) is 0 Å². The van der Waals surface area contributed by atoms with Crippen molar-refractivity contribution in [3.8, 4) is 0 Å². The maximum atomic E-state index is 12.3. The van der Waals surface area contributed by atoms with Crippen LogP contribution in [0.2, 0.25) is 0 Å². The van der Waals surface area contributed by atoms with Gasteiger partial charge >= 0.3 is 0 Å². The van der Waals surface area contributed by atoms with Crippen molar-refractivity contribution in [2.24, 2.45) is 0 Å². The summed E-state index contributed by atoms with van der Waals surface area (Å²) in [5, 5.41) is 14.0. The van der Waals surface area contributed by atoms with E-state index in [1.165, 1.54) is 23.9 Å². The molecule has 1 aromatic carbocycles. The molecule has 23 heavy (non-hydrogen) atoms. The Hall–Kier alpha value is -2.35. The Morgan fingerprint density at radius 3 is 2.91 bits per heavy atom. The van der Waals surface area contributed by atoms with Crippen LogP contribution in [0, 0.1) is 10.1 Å². The lowest BCUT2D eigenvalue weighted by Gasteiger charge is -2.12. The van der Waals surface area contributed by atoms with Crippen molar-refractivity contribution in [1.82, 2.24) is 9.55 Å². The predicted octanol–water partition coefficient (Wildman–Crippen LogP) is 3.25. The summed E-state index contributed by atoms with van der Waals surface area (Å²) < 4.78 is 2.08. The molecule has 2 aromatic rings. The molecule has 8 heteroatoms. The number of carbonyl (C=O) groups is 1. The molecule has 3 rings (SSSR count). The van der Waals surface area contributed by atoms with Gasteiger partial charge in [0.05, 0.1) is 10.2 Å². The molecule has 1 aliphatic rings. The summed E-state index contributed by atoms with van der Waals surface area (Å²) in [6, 6.07) is 6.61. The molecule has 1 aliphatic carbocycles. The molecule has 0 spiro atoms. The van der Waals surface area contributed by atoms with Gasteiger partial charge in [-0.15, -0.1) is 0 Å². The normalized spacial score (nSPS) is 15.2. The fourth-order valence-corrected chi connectivity index (χ4v) is 3.14. The zero-order valence-electron chi connectivity index (χ0n) is 12.5. The van der Waals surface area contributed by atoms with Gasteiger partial charge in [-0.3, -0.25) is 14.9 Å². The lowest BCUT2D eigenvalue weighted by atomic mass is 10.2. The number of amides is 1. The maximum Gasteiger partial charge on any atom is 0.292 e. The summed E-state index contributed by atoms with van der Waals surface area (Å²) in [5.41, 5.74) is 0.0954. The molecule has 1 amide bonds. The highest BCUT2D eigenvalue weighted by Gasteiger charge is 2.27. The van der Waals surface area contributed by atoms with Crippen molar-refractivity contribution in [3.05, 3.63) is 46.8 Å². The Morgan fingerprint density at radius 2 is 2.22 bits per heavy atom. The van der Waals surface area contributed by atoms with Crippen LogP contribution in [-0.4, -0.2) is 25.6 Å². The molecule has 1 saturated carbocycles. The minimum Gasteiger partial charge on any atom is -0.323 e. The Kier molecular flexibility index (Phi) is 4.33. The zero-order valence-corrected chi connectivity index (χ0v) is 13.3. The van der Waals surface area contributed by atoms with Gasteiger partial charge in [-0.2, -0.15) is 0 Å². The third-order valence-corrected chi connectivity index (χ3v) is 4.68. The van der Waals surface area contributed by atoms with Gasteiger partial charge in [-0.25, -0.2) is 4.98 Å². The van der Waals surface area contributed by atoms with E-state index in [2.05, 4.69) is 14.9 Å². The molecule has 1 aromatic heterocycles. The first kappa shape index (κ1) is 15.5. The number of imidazole rings is 1. The molecule has 1 heterocycles. The van der Waals surface area contributed by atoms with Crippen LogP contribution in [0.15, 0.2) is 41.8 Å².